The molecule has 0 saturated heterocycles. The lowest BCUT2D eigenvalue weighted by molar-refractivity contribution is -0.205. The van der Waals surface area contributed by atoms with Crippen molar-refractivity contribution in [2.24, 2.45) is 34.0 Å². The molecule has 8 atom stereocenters. The van der Waals surface area contributed by atoms with E-state index in [9.17, 15) is 29.5 Å². The Kier molecular flexibility index (Phi) is 9.28. The number of nitrogens with one attached hydrogen (secondary N) is 1. The molecule has 3 fully saturated rings. The van der Waals surface area contributed by atoms with Gasteiger partial charge >= 0.3 is 13.1 Å². The van der Waals surface area contributed by atoms with Gasteiger partial charge in [0.15, 0.2) is 0 Å². The van der Waals surface area contributed by atoms with Gasteiger partial charge in [-0.15, -0.1) is 29.7 Å². The highest BCUT2D eigenvalue weighted by Crippen LogP contribution is 2.68. The van der Waals surface area contributed by atoms with E-state index in [-0.39, 0.29) is 45.4 Å². The van der Waals surface area contributed by atoms with Gasteiger partial charge in [-0.2, -0.15) is 0 Å². The number of rotatable bonds is 8. The molecule has 1 aromatic heterocycles. The fourth-order valence-corrected chi connectivity index (χ4v) is 9.82. The lowest BCUT2D eigenvalue weighted by Crippen LogP contribution is -2.63. The van der Waals surface area contributed by atoms with E-state index >= 15 is 0 Å². The molecule has 4 N–H and O–H groups in total. The molecule has 11 heteroatoms. The second-order valence-corrected chi connectivity index (χ2v) is 15.6. The van der Waals surface area contributed by atoms with Gasteiger partial charge in [-0.3, -0.25) is 14.4 Å². The van der Waals surface area contributed by atoms with E-state index in [2.05, 4.69) is 32.7 Å². The molecule has 236 valence electrons. The van der Waals surface area contributed by atoms with Crippen LogP contribution in [0.2, 0.25) is 0 Å². The summed E-state index contributed by atoms with van der Waals surface area (Å²) < 4.78 is 6.61. The summed E-state index contributed by atoms with van der Waals surface area (Å²) in [5, 5.41) is 33.2. The van der Waals surface area contributed by atoms with Crippen molar-refractivity contribution in [3.05, 3.63) is 53.9 Å². The molecule has 0 radical (unpaired) electrons. The molecule has 2 aromatic rings. The molecular weight excluding hydrogens is 597 g/mol. The summed E-state index contributed by atoms with van der Waals surface area (Å²) >= 11 is 2.29. The Bertz CT molecular complexity index is 1450. The maximum absolute atomic E-state index is 13.6. The van der Waals surface area contributed by atoms with Crippen LogP contribution in [0.3, 0.4) is 0 Å². The Morgan fingerprint density at radius 2 is 1.95 bits per heavy atom. The molecule has 3 saturated carbocycles. The zero-order chi connectivity index (χ0) is 32.0. The van der Waals surface area contributed by atoms with Crippen molar-refractivity contribution in [2.45, 2.75) is 76.9 Å². The third kappa shape index (κ3) is 5.70. The number of hydrogen-bond donors (Lipinski definition) is 4. The highest BCUT2D eigenvalue weighted by molar-refractivity contribution is 8.00. The van der Waals surface area contributed by atoms with Gasteiger partial charge in [-0.05, 0) is 67.2 Å². The van der Waals surface area contributed by atoms with Gasteiger partial charge in [-0.25, -0.2) is 0 Å². The zero-order valence-corrected chi connectivity index (χ0v) is 27.4. The fourth-order valence-electron chi connectivity index (χ4n) is 8.31. The minimum atomic E-state index is -1.63. The molecule has 3 aliphatic carbocycles. The Hall–Kier alpha value is -2.44. The van der Waals surface area contributed by atoms with Gasteiger partial charge in [0.05, 0.1) is 16.7 Å². The van der Waals surface area contributed by atoms with Gasteiger partial charge in [0.25, 0.3) is 5.91 Å². The first kappa shape index (κ1) is 32.9. The van der Waals surface area contributed by atoms with E-state index in [1.807, 2.05) is 13.0 Å². The summed E-state index contributed by atoms with van der Waals surface area (Å²) in [7, 11) is -1.63. The fraction of sp³-hybridized carbons (Fsp3) is 0.545. The topological polar surface area (TPSA) is 133 Å². The molecule has 2 bridgehead atoms. The van der Waals surface area contributed by atoms with Crippen molar-refractivity contribution in [3.8, 4) is 0 Å². The van der Waals surface area contributed by atoms with Gasteiger partial charge in [0, 0.05) is 38.5 Å². The second kappa shape index (κ2) is 12.4. The number of benzene rings is 1. The van der Waals surface area contributed by atoms with Crippen LogP contribution in [0.4, 0.5) is 5.69 Å². The van der Waals surface area contributed by atoms with Crippen molar-refractivity contribution in [2.75, 3.05) is 11.1 Å². The summed E-state index contributed by atoms with van der Waals surface area (Å²) in [6.07, 6.45) is 3.95. The number of thiophene rings is 1. The first-order valence-electron chi connectivity index (χ1n) is 15.3. The number of Topliss-reactive ketones (excluding diaryl/α,β-unsaturated/α-hetero) is 1. The number of thioether (sulfide) groups is 1. The number of aliphatic hydroxyl groups excluding tert-OH is 1. The molecule has 3 aliphatic rings. The average molecular weight is 640 g/mol. The summed E-state index contributed by atoms with van der Waals surface area (Å²) in [6, 6.07) is 10.2. The van der Waals surface area contributed by atoms with Crippen LogP contribution >= 0.6 is 23.1 Å². The van der Waals surface area contributed by atoms with E-state index in [1.165, 1.54) is 23.9 Å². The highest BCUT2D eigenvalue weighted by atomic mass is 32.2. The molecular formula is C33H42BNO7S2. The van der Waals surface area contributed by atoms with Crippen LogP contribution in [0.25, 0.3) is 0 Å². The van der Waals surface area contributed by atoms with Crippen molar-refractivity contribution in [1.82, 2.24) is 0 Å². The van der Waals surface area contributed by atoms with Crippen LogP contribution in [-0.2, 0) is 14.3 Å². The lowest BCUT2D eigenvalue weighted by Gasteiger charge is -2.61. The monoisotopic (exact) mass is 639 g/mol. The van der Waals surface area contributed by atoms with Crippen LogP contribution in [-0.4, -0.2) is 57.9 Å². The van der Waals surface area contributed by atoms with Crippen LogP contribution in [0.1, 0.15) is 69.5 Å². The quantitative estimate of drug-likeness (QED) is 0.142. The summed E-state index contributed by atoms with van der Waals surface area (Å²) in [4.78, 5) is 40.9. The molecule has 0 unspecified atom stereocenters. The van der Waals surface area contributed by atoms with Gasteiger partial charge in [0.2, 0.25) is 0 Å². The summed E-state index contributed by atoms with van der Waals surface area (Å²) in [5.74, 6) is -0.713. The van der Waals surface area contributed by atoms with E-state index in [0.717, 1.165) is 35.5 Å². The zero-order valence-electron chi connectivity index (χ0n) is 25.7. The summed E-state index contributed by atoms with van der Waals surface area (Å²) in [5.41, 5.74) is -1.04. The number of aliphatic hydroxyl groups is 1. The van der Waals surface area contributed by atoms with Crippen molar-refractivity contribution in [3.63, 3.8) is 0 Å². The maximum atomic E-state index is 13.6. The largest absolute Gasteiger partial charge is 0.499 e. The first-order chi connectivity index (χ1) is 20.7. The van der Waals surface area contributed by atoms with Gasteiger partial charge < -0.3 is 25.2 Å². The normalized spacial score (nSPS) is 34.8. The Morgan fingerprint density at radius 1 is 1.20 bits per heavy atom. The number of anilines is 1. The van der Waals surface area contributed by atoms with Crippen LogP contribution in [0.5, 0.6) is 0 Å². The molecule has 1 heterocycles. The molecule has 0 spiro atoms. The minimum Gasteiger partial charge on any atom is -0.461 e. The van der Waals surface area contributed by atoms with E-state index in [4.69, 9.17) is 4.74 Å². The number of esters is 1. The van der Waals surface area contributed by atoms with Crippen molar-refractivity contribution < 1.29 is 34.3 Å². The van der Waals surface area contributed by atoms with Gasteiger partial charge in [-0.1, -0.05) is 45.9 Å². The van der Waals surface area contributed by atoms with Gasteiger partial charge in [0.1, 0.15) is 11.9 Å². The molecule has 5 rings (SSSR count). The van der Waals surface area contributed by atoms with Crippen LogP contribution in [0, 0.1) is 34.0 Å². The lowest BCUT2D eigenvalue weighted by atomic mass is 9.44. The predicted octanol–water partition coefficient (Wildman–Crippen LogP) is 4.68. The standard InChI is InChI=1S/C33H42BNO7S2/c1-6-31(4)17-25(32(5)19(2)12-14-33(20(3)29(31)38)15-13-23(36)28(32)33)42-27(37)18-43-22-9-7-8-21(16-22)35-30(39)24-10-11-26(44-24)34(40)41/h6-11,16,19-20,25,28-29,38,40-41H,1,12-15,17-18H2,2-5H3,(H,35,39)/t19-,20+,25-,28+,29+,31-,32+,33+/m1/s1. The molecule has 1 amide bonds. The van der Waals surface area contributed by atoms with Crippen LogP contribution in [0.15, 0.2) is 53.9 Å². The first-order valence-corrected chi connectivity index (χ1v) is 17.1. The number of ketones is 1. The smallest absolute Gasteiger partial charge is 0.461 e. The van der Waals surface area contributed by atoms with Crippen molar-refractivity contribution >= 4 is 58.3 Å². The number of carbonyl (C=O) groups excluding carboxylic acids is 3. The third-order valence-electron chi connectivity index (χ3n) is 11.1. The average Bonchev–Trinajstić information content (AvgIpc) is 3.63. The molecule has 0 aliphatic heterocycles. The molecule has 1 aromatic carbocycles. The number of amides is 1. The third-order valence-corrected chi connectivity index (χ3v) is 13.2. The van der Waals surface area contributed by atoms with Crippen LogP contribution < -0.4 is 10.1 Å². The Morgan fingerprint density at radius 3 is 2.64 bits per heavy atom. The van der Waals surface area contributed by atoms with E-state index in [1.54, 1.807) is 24.3 Å². The maximum Gasteiger partial charge on any atom is 0.499 e. The highest BCUT2D eigenvalue weighted by Gasteiger charge is 2.68. The van der Waals surface area contributed by atoms with E-state index < -0.39 is 36.1 Å². The predicted molar refractivity (Wildman–Crippen MR) is 174 cm³/mol. The number of hydrogen-bond acceptors (Lipinski definition) is 9. The number of carbonyl (C=O) groups is 3. The summed E-state index contributed by atoms with van der Waals surface area (Å²) in [6.45, 7) is 12.4. The Balaban J connectivity index is 1.32. The molecule has 44 heavy (non-hydrogen) atoms. The minimum absolute atomic E-state index is 0.0363. The Labute approximate surface area is 267 Å². The van der Waals surface area contributed by atoms with Crippen molar-refractivity contribution in [1.29, 1.82) is 0 Å². The van der Waals surface area contributed by atoms with E-state index in [0.29, 0.717) is 23.4 Å². The number of ether oxygens (including phenoxy) is 1. The second-order valence-electron chi connectivity index (χ2n) is 13.4. The molecule has 8 nitrogen and oxygen atoms in total. The SMILES string of the molecule is C=C[C@]1(C)C[C@@H](OC(=O)CSc2cccc(NC(=O)c3ccc(B(O)O)s3)c2)[C@]2(C)[C@H](C)CC[C@]3(CCC(=O)[C@H]32)[C@@H](C)[C@@H]1O.